The van der Waals surface area contributed by atoms with Crippen molar-refractivity contribution in [2.45, 2.75) is 32.1 Å². The van der Waals surface area contributed by atoms with Gasteiger partial charge in [0.05, 0.1) is 28.1 Å². The molecular formula is C52H38N4. The van der Waals surface area contributed by atoms with E-state index in [4.69, 9.17) is 19.9 Å². The van der Waals surface area contributed by atoms with Gasteiger partial charge in [0.2, 0.25) is 0 Å². The van der Waals surface area contributed by atoms with Crippen LogP contribution in [0.1, 0.15) is 42.5 Å². The summed E-state index contributed by atoms with van der Waals surface area (Å²) in [4.78, 5) is 20.8. The number of nitrogens with zero attached hydrogens (tertiary/aromatic N) is 4. The molecule has 0 bridgehead atoms. The Morgan fingerprint density at radius 3 is 2.36 bits per heavy atom. The van der Waals surface area contributed by atoms with Gasteiger partial charge in [-0.25, -0.2) is 4.98 Å². The molecular weight excluding hydrogens is 681 g/mol. The lowest BCUT2D eigenvalue weighted by atomic mass is 9.66. The van der Waals surface area contributed by atoms with Crippen molar-refractivity contribution >= 4 is 32.6 Å². The fraction of sp³-hybridized carbons (Fsp3) is 0.115. The number of rotatable bonds is 4. The molecule has 8 aromatic rings. The third kappa shape index (κ3) is 5.20. The van der Waals surface area contributed by atoms with E-state index in [2.05, 4.69) is 172 Å². The van der Waals surface area contributed by atoms with Crippen LogP contribution in [-0.4, -0.2) is 19.9 Å². The van der Waals surface area contributed by atoms with Crippen LogP contribution in [0.25, 0.3) is 77.5 Å². The van der Waals surface area contributed by atoms with E-state index in [0.29, 0.717) is 5.92 Å². The summed E-state index contributed by atoms with van der Waals surface area (Å²) in [7, 11) is 0. The van der Waals surface area contributed by atoms with Crippen molar-refractivity contribution in [2.75, 3.05) is 0 Å². The molecule has 3 atom stereocenters. The van der Waals surface area contributed by atoms with Crippen molar-refractivity contribution in [1.29, 1.82) is 0 Å². The molecule has 3 unspecified atom stereocenters. The van der Waals surface area contributed by atoms with E-state index >= 15 is 0 Å². The Balaban J connectivity index is 0.927. The molecule has 11 rings (SSSR count). The summed E-state index contributed by atoms with van der Waals surface area (Å²) in [6, 6.07) is 41.3. The van der Waals surface area contributed by atoms with E-state index < -0.39 is 0 Å². The Hall–Kier alpha value is -6.78. The second kappa shape index (κ2) is 12.6. The van der Waals surface area contributed by atoms with E-state index in [1.165, 1.54) is 27.5 Å². The highest BCUT2D eigenvalue weighted by atomic mass is 14.8. The van der Waals surface area contributed by atoms with Crippen LogP contribution < -0.4 is 0 Å². The molecule has 0 N–H and O–H groups in total. The van der Waals surface area contributed by atoms with E-state index in [9.17, 15) is 0 Å². The Kier molecular flexibility index (Phi) is 7.37. The molecule has 4 heterocycles. The average Bonchev–Trinajstić information content (AvgIpc) is 3.25. The van der Waals surface area contributed by atoms with Crippen LogP contribution in [0.3, 0.4) is 0 Å². The van der Waals surface area contributed by atoms with Crippen molar-refractivity contribution in [3.05, 3.63) is 193 Å². The summed E-state index contributed by atoms with van der Waals surface area (Å²) in [6.07, 6.45) is 20.5. The standard InChI is InChI=1S/C52H38N4/c1-32-26-38-29-40(31-54-49(38)51-42(32)22-24-47(56-51)45-18-9-15-41-14-5-6-25-52(41,45)2)36-13-7-12-35(27-36)39-28-37-20-19-34-21-23-46(55-50(34)48(37)53-30-39)44-17-8-11-33-10-3-4-16-43(33)44/h3-25,27-32,45H,26H2,1-2H3. The van der Waals surface area contributed by atoms with Gasteiger partial charge in [-0.3, -0.25) is 15.0 Å². The van der Waals surface area contributed by atoms with Crippen molar-refractivity contribution < 1.29 is 0 Å². The molecule has 4 nitrogen and oxygen atoms in total. The van der Waals surface area contributed by atoms with Crippen molar-refractivity contribution in [3.63, 3.8) is 0 Å². The zero-order valence-corrected chi connectivity index (χ0v) is 31.3. The van der Waals surface area contributed by atoms with Crippen LogP contribution in [-0.2, 0) is 6.42 Å². The van der Waals surface area contributed by atoms with Crippen LogP contribution in [0.2, 0.25) is 0 Å². The maximum absolute atomic E-state index is 5.39. The molecule has 0 aliphatic heterocycles. The lowest BCUT2D eigenvalue weighted by Crippen LogP contribution is -2.28. The van der Waals surface area contributed by atoms with Gasteiger partial charge in [-0.15, -0.1) is 0 Å². The number of pyridine rings is 4. The zero-order valence-electron chi connectivity index (χ0n) is 31.3. The number of fused-ring (bicyclic) bond motifs is 8. The topological polar surface area (TPSA) is 51.6 Å². The second-order valence-corrected chi connectivity index (χ2v) is 15.7. The molecule has 0 radical (unpaired) electrons. The Labute approximate surface area is 326 Å². The fourth-order valence-electron chi connectivity index (χ4n) is 9.22. The first-order valence-electron chi connectivity index (χ1n) is 19.5. The van der Waals surface area contributed by atoms with Crippen molar-refractivity contribution in [2.24, 2.45) is 5.41 Å². The summed E-state index contributed by atoms with van der Waals surface area (Å²) in [5.74, 6) is 0.508. The highest BCUT2D eigenvalue weighted by Gasteiger charge is 2.38. The van der Waals surface area contributed by atoms with Crippen LogP contribution in [0.4, 0.5) is 0 Å². The largest absolute Gasteiger partial charge is 0.254 e. The predicted molar refractivity (Wildman–Crippen MR) is 230 cm³/mol. The molecule has 0 saturated heterocycles. The summed E-state index contributed by atoms with van der Waals surface area (Å²) in [5, 5.41) is 4.56. The third-order valence-corrected chi connectivity index (χ3v) is 12.3. The van der Waals surface area contributed by atoms with Gasteiger partial charge in [0.25, 0.3) is 0 Å². The number of aromatic nitrogens is 4. The minimum absolute atomic E-state index is 0.122. The van der Waals surface area contributed by atoms with Gasteiger partial charge in [0, 0.05) is 56.9 Å². The molecule has 3 aliphatic rings. The Bertz CT molecular complexity index is 3050. The fourth-order valence-corrected chi connectivity index (χ4v) is 9.22. The monoisotopic (exact) mass is 718 g/mol. The van der Waals surface area contributed by atoms with Crippen LogP contribution in [0.15, 0.2) is 176 Å². The van der Waals surface area contributed by atoms with Gasteiger partial charge in [-0.1, -0.05) is 141 Å². The molecule has 0 fully saturated rings. The van der Waals surface area contributed by atoms with Gasteiger partial charge < -0.3 is 0 Å². The zero-order chi connectivity index (χ0) is 37.4. The maximum Gasteiger partial charge on any atom is 0.0972 e. The van der Waals surface area contributed by atoms with E-state index in [-0.39, 0.29) is 11.3 Å². The summed E-state index contributed by atoms with van der Waals surface area (Å²) >= 11 is 0. The summed E-state index contributed by atoms with van der Waals surface area (Å²) in [6.45, 7) is 4.63. The Morgan fingerprint density at radius 1 is 0.625 bits per heavy atom. The molecule has 4 aromatic heterocycles. The van der Waals surface area contributed by atoms with E-state index in [0.717, 1.165) is 78.8 Å². The van der Waals surface area contributed by atoms with Crippen molar-refractivity contribution in [1.82, 2.24) is 19.9 Å². The van der Waals surface area contributed by atoms with E-state index in [1.807, 2.05) is 12.4 Å². The molecule has 0 spiro atoms. The van der Waals surface area contributed by atoms with Crippen LogP contribution in [0.5, 0.6) is 0 Å². The summed E-state index contributed by atoms with van der Waals surface area (Å²) < 4.78 is 0. The lowest BCUT2D eigenvalue weighted by Gasteiger charge is -2.38. The highest BCUT2D eigenvalue weighted by Crippen LogP contribution is 2.49. The van der Waals surface area contributed by atoms with Crippen LogP contribution >= 0.6 is 0 Å². The number of hydrogen-bond acceptors (Lipinski definition) is 4. The smallest absolute Gasteiger partial charge is 0.0972 e. The number of allylic oxidation sites excluding steroid dienone is 8. The minimum Gasteiger partial charge on any atom is -0.254 e. The number of benzene rings is 4. The predicted octanol–water partition coefficient (Wildman–Crippen LogP) is 12.8. The number of hydrogen-bond donors (Lipinski definition) is 0. The molecule has 0 amide bonds. The first-order valence-corrected chi connectivity index (χ1v) is 19.5. The molecule has 4 heteroatoms. The van der Waals surface area contributed by atoms with Crippen LogP contribution in [0, 0.1) is 5.41 Å². The third-order valence-electron chi connectivity index (χ3n) is 12.3. The molecule has 266 valence electrons. The first-order chi connectivity index (χ1) is 27.5. The van der Waals surface area contributed by atoms with E-state index in [1.54, 1.807) is 0 Å². The molecule has 56 heavy (non-hydrogen) atoms. The molecule has 0 saturated carbocycles. The average molecular weight is 719 g/mol. The maximum atomic E-state index is 5.39. The van der Waals surface area contributed by atoms with Gasteiger partial charge in [0.15, 0.2) is 0 Å². The van der Waals surface area contributed by atoms with Gasteiger partial charge >= 0.3 is 0 Å². The van der Waals surface area contributed by atoms with Crippen molar-refractivity contribution in [3.8, 4) is 44.9 Å². The minimum atomic E-state index is -0.122. The summed E-state index contributed by atoms with van der Waals surface area (Å²) in [5.41, 5.74) is 15.2. The van der Waals surface area contributed by atoms with Gasteiger partial charge in [-0.2, -0.15) is 0 Å². The normalized spacial score (nSPS) is 19.5. The first kappa shape index (κ1) is 32.6. The Morgan fingerprint density at radius 2 is 1.43 bits per heavy atom. The van der Waals surface area contributed by atoms with Gasteiger partial charge in [0.1, 0.15) is 0 Å². The second-order valence-electron chi connectivity index (χ2n) is 15.7. The molecule has 4 aromatic carbocycles. The SMILES string of the molecule is CC1Cc2cc(-c3cccc(-c4cnc5c(ccc6ccc(-c7cccc8ccccc78)nc65)c4)c3)cnc2-c2nc(C3C=CC=C4C=CC=CC43C)ccc21. The highest BCUT2D eigenvalue weighted by molar-refractivity contribution is 6.05. The molecule has 3 aliphatic carbocycles. The van der Waals surface area contributed by atoms with Gasteiger partial charge in [-0.05, 0) is 81.3 Å². The lowest BCUT2D eigenvalue weighted by molar-refractivity contribution is 0.451. The quantitative estimate of drug-likeness (QED) is 0.170.